The molecule has 1 aliphatic rings. The number of hydrogen-bond acceptors (Lipinski definition) is 3. The molecule has 0 bridgehead atoms. The molecule has 0 saturated carbocycles. The lowest BCUT2D eigenvalue weighted by atomic mass is 10.0. The smallest absolute Gasteiger partial charge is 0.259 e. The van der Waals surface area contributed by atoms with Crippen LogP contribution in [0.3, 0.4) is 0 Å². The van der Waals surface area contributed by atoms with Crippen molar-refractivity contribution in [2.24, 2.45) is 0 Å². The third-order valence-electron chi connectivity index (χ3n) is 4.66. The second kappa shape index (κ2) is 7.27. The molecule has 1 aromatic heterocycles. The van der Waals surface area contributed by atoms with E-state index in [1.54, 1.807) is 4.68 Å². The van der Waals surface area contributed by atoms with E-state index in [0.29, 0.717) is 0 Å². The van der Waals surface area contributed by atoms with E-state index in [-0.39, 0.29) is 38.5 Å². The maximum absolute atomic E-state index is 15.0. The van der Waals surface area contributed by atoms with Gasteiger partial charge in [0.25, 0.3) is 5.91 Å². The van der Waals surface area contributed by atoms with Crippen LogP contribution in [0.4, 0.5) is 4.39 Å². The summed E-state index contributed by atoms with van der Waals surface area (Å²) in [5.41, 5.74) is 0.568. The lowest BCUT2D eigenvalue weighted by Gasteiger charge is -2.20. The molecule has 1 aliphatic heterocycles. The van der Waals surface area contributed by atoms with Crippen molar-refractivity contribution >= 4 is 11.8 Å². The molecule has 3 rings (SSSR count). The summed E-state index contributed by atoms with van der Waals surface area (Å²) in [6.45, 7) is 4.06. The highest BCUT2D eigenvalue weighted by Crippen LogP contribution is 2.26. The number of aromatic nitrogens is 2. The van der Waals surface area contributed by atoms with Crippen LogP contribution in [0.15, 0.2) is 36.4 Å². The van der Waals surface area contributed by atoms with E-state index >= 15 is 4.39 Å². The Labute approximate surface area is 152 Å². The van der Waals surface area contributed by atoms with Gasteiger partial charge in [0.1, 0.15) is 6.54 Å². The van der Waals surface area contributed by atoms with Gasteiger partial charge in [0, 0.05) is 25.2 Å². The van der Waals surface area contributed by atoms with Crippen molar-refractivity contribution in [2.75, 3.05) is 13.1 Å². The van der Waals surface area contributed by atoms with Gasteiger partial charge in [-0.05, 0) is 25.5 Å². The highest BCUT2D eigenvalue weighted by molar-refractivity contribution is 5.87. The van der Waals surface area contributed by atoms with Crippen LogP contribution in [-0.4, -0.2) is 45.3 Å². The summed E-state index contributed by atoms with van der Waals surface area (Å²) < 4.78 is 16.6. The minimum atomic E-state index is -2.04. The summed E-state index contributed by atoms with van der Waals surface area (Å²) in [6.07, 6.45) is 0.0104. The number of alkyl halides is 1. The standard InChI is InChI=1S/C19H23FN4O2/c1-14-10-15(2)24(22-14)12-17(25)23-9-8-19(20,13-23)18(26)21-11-16-6-4-3-5-7-16/h3-7,10H,8-9,11-13H2,1-2H3,(H,21,26). The Kier molecular flexibility index (Phi) is 5.06. The van der Waals surface area contributed by atoms with Gasteiger partial charge < -0.3 is 10.2 Å². The third kappa shape index (κ3) is 3.92. The maximum Gasteiger partial charge on any atom is 0.259 e. The fraction of sp³-hybridized carbons (Fsp3) is 0.421. The van der Waals surface area contributed by atoms with E-state index in [4.69, 9.17) is 0 Å². The van der Waals surface area contributed by atoms with Gasteiger partial charge in [-0.1, -0.05) is 30.3 Å². The van der Waals surface area contributed by atoms with Crippen LogP contribution in [0.2, 0.25) is 0 Å². The number of nitrogens with one attached hydrogen (secondary N) is 1. The van der Waals surface area contributed by atoms with Crippen molar-refractivity contribution in [1.82, 2.24) is 20.0 Å². The second-order valence-corrected chi connectivity index (χ2v) is 6.78. The molecule has 0 spiro atoms. The number of benzene rings is 1. The molecule has 2 heterocycles. The summed E-state index contributed by atoms with van der Waals surface area (Å²) >= 11 is 0. The molecular weight excluding hydrogens is 335 g/mol. The van der Waals surface area contributed by atoms with Gasteiger partial charge in [-0.25, -0.2) is 4.39 Å². The van der Waals surface area contributed by atoms with Gasteiger partial charge in [-0.3, -0.25) is 14.3 Å². The van der Waals surface area contributed by atoms with Crippen molar-refractivity contribution < 1.29 is 14.0 Å². The van der Waals surface area contributed by atoms with Crippen molar-refractivity contribution in [2.45, 2.75) is 39.0 Å². The van der Waals surface area contributed by atoms with E-state index in [9.17, 15) is 9.59 Å². The molecular formula is C19H23FN4O2. The molecule has 1 unspecified atom stereocenters. The molecule has 138 valence electrons. The summed E-state index contributed by atoms with van der Waals surface area (Å²) in [7, 11) is 0. The zero-order chi connectivity index (χ0) is 18.7. The summed E-state index contributed by atoms with van der Waals surface area (Å²) in [6, 6.07) is 11.2. The number of halogens is 1. The van der Waals surface area contributed by atoms with Crippen LogP contribution < -0.4 is 5.32 Å². The Morgan fingerprint density at radius 2 is 2.00 bits per heavy atom. The average molecular weight is 358 g/mol. The monoisotopic (exact) mass is 358 g/mol. The first-order valence-corrected chi connectivity index (χ1v) is 8.67. The van der Waals surface area contributed by atoms with Gasteiger partial charge >= 0.3 is 0 Å². The predicted molar refractivity (Wildman–Crippen MR) is 95.0 cm³/mol. The van der Waals surface area contributed by atoms with Gasteiger partial charge in [-0.2, -0.15) is 5.10 Å². The number of aryl methyl sites for hydroxylation is 2. The Bertz CT molecular complexity index is 805. The molecule has 1 N–H and O–H groups in total. The predicted octanol–water partition coefficient (Wildman–Crippen LogP) is 1.76. The molecule has 0 radical (unpaired) electrons. The van der Waals surface area contributed by atoms with Crippen LogP contribution in [0.5, 0.6) is 0 Å². The summed E-state index contributed by atoms with van der Waals surface area (Å²) in [5, 5.41) is 6.89. The minimum absolute atomic E-state index is 0.0104. The maximum atomic E-state index is 15.0. The van der Waals surface area contributed by atoms with Crippen LogP contribution in [-0.2, 0) is 22.7 Å². The molecule has 1 saturated heterocycles. The minimum Gasteiger partial charge on any atom is -0.349 e. The second-order valence-electron chi connectivity index (χ2n) is 6.78. The van der Waals surface area contributed by atoms with Crippen LogP contribution >= 0.6 is 0 Å². The molecule has 1 fully saturated rings. The number of hydrogen-bond donors (Lipinski definition) is 1. The Hall–Kier alpha value is -2.70. The number of likely N-dealkylation sites (tertiary alicyclic amines) is 1. The van der Waals surface area contributed by atoms with Gasteiger partial charge in [0.05, 0.1) is 12.2 Å². The number of nitrogens with zero attached hydrogens (tertiary/aromatic N) is 3. The largest absolute Gasteiger partial charge is 0.349 e. The van der Waals surface area contributed by atoms with Crippen LogP contribution in [0.25, 0.3) is 0 Å². The van der Waals surface area contributed by atoms with Crippen molar-refractivity contribution in [3.63, 3.8) is 0 Å². The zero-order valence-corrected chi connectivity index (χ0v) is 15.0. The fourth-order valence-electron chi connectivity index (χ4n) is 3.17. The van der Waals surface area contributed by atoms with Gasteiger partial charge in [-0.15, -0.1) is 0 Å². The average Bonchev–Trinajstić information content (AvgIpc) is 3.17. The number of amides is 2. The van der Waals surface area contributed by atoms with Gasteiger partial charge in [0.2, 0.25) is 11.6 Å². The number of rotatable bonds is 5. The van der Waals surface area contributed by atoms with Crippen LogP contribution in [0, 0.1) is 13.8 Å². The SMILES string of the molecule is Cc1cc(C)n(CC(=O)N2CCC(F)(C(=O)NCc3ccccc3)C2)n1. The Morgan fingerprint density at radius 3 is 2.65 bits per heavy atom. The number of carbonyl (C=O) groups is 2. The van der Waals surface area contributed by atoms with E-state index in [2.05, 4.69) is 10.4 Å². The molecule has 6 nitrogen and oxygen atoms in total. The third-order valence-corrected chi connectivity index (χ3v) is 4.66. The first kappa shape index (κ1) is 18.1. The molecule has 7 heteroatoms. The summed E-state index contributed by atoms with van der Waals surface area (Å²) in [5.74, 6) is -0.894. The highest BCUT2D eigenvalue weighted by Gasteiger charge is 2.46. The van der Waals surface area contributed by atoms with Gasteiger partial charge in [0.15, 0.2) is 0 Å². The van der Waals surface area contributed by atoms with Crippen molar-refractivity contribution in [3.05, 3.63) is 53.3 Å². The molecule has 2 aromatic rings. The highest BCUT2D eigenvalue weighted by atomic mass is 19.1. The molecule has 26 heavy (non-hydrogen) atoms. The summed E-state index contributed by atoms with van der Waals surface area (Å²) in [4.78, 5) is 26.1. The van der Waals surface area contributed by atoms with E-state index in [1.807, 2.05) is 50.2 Å². The molecule has 1 aromatic carbocycles. The van der Waals surface area contributed by atoms with Crippen molar-refractivity contribution in [1.29, 1.82) is 0 Å². The Balaban J connectivity index is 1.56. The van der Waals surface area contributed by atoms with E-state index in [1.165, 1.54) is 4.90 Å². The lowest BCUT2D eigenvalue weighted by molar-refractivity contribution is -0.135. The number of carbonyl (C=O) groups excluding carboxylic acids is 2. The molecule has 0 aliphatic carbocycles. The van der Waals surface area contributed by atoms with Crippen LogP contribution in [0.1, 0.15) is 23.4 Å². The molecule has 2 amide bonds. The fourth-order valence-corrected chi connectivity index (χ4v) is 3.17. The normalized spacial score (nSPS) is 19.6. The topological polar surface area (TPSA) is 67.2 Å². The first-order chi connectivity index (χ1) is 12.4. The quantitative estimate of drug-likeness (QED) is 0.886. The lowest BCUT2D eigenvalue weighted by Crippen LogP contribution is -2.46. The Morgan fingerprint density at radius 1 is 1.27 bits per heavy atom. The zero-order valence-electron chi connectivity index (χ0n) is 15.0. The van der Waals surface area contributed by atoms with E-state index < -0.39 is 11.6 Å². The van der Waals surface area contributed by atoms with Crippen molar-refractivity contribution in [3.8, 4) is 0 Å². The first-order valence-electron chi connectivity index (χ1n) is 8.67. The molecule has 1 atom stereocenters. The van der Waals surface area contributed by atoms with E-state index in [0.717, 1.165) is 17.0 Å².